The number of anilines is 2. The van der Waals surface area contributed by atoms with Gasteiger partial charge < -0.3 is 9.80 Å². The molecule has 0 amide bonds. The zero-order chi connectivity index (χ0) is 19.6. The third-order valence-corrected chi connectivity index (χ3v) is 6.02. The third kappa shape index (κ3) is 4.21. The Labute approximate surface area is 159 Å². The second-order valence-corrected chi connectivity index (χ2v) is 8.66. The summed E-state index contributed by atoms with van der Waals surface area (Å²) in [6, 6.07) is 12.8. The Morgan fingerprint density at radius 1 is 0.963 bits per heavy atom. The number of rotatable bonds is 5. The Hall–Kier alpha value is -2.61. The first-order chi connectivity index (χ1) is 12.8. The lowest BCUT2D eigenvalue weighted by atomic mass is 10.1. The summed E-state index contributed by atoms with van der Waals surface area (Å²) in [6.45, 7) is 5.17. The van der Waals surface area contributed by atoms with Gasteiger partial charge in [-0.3, -0.25) is 10.1 Å². The molecule has 144 valence electrons. The van der Waals surface area contributed by atoms with Crippen LogP contribution in [0.5, 0.6) is 0 Å². The molecule has 1 fully saturated rings. The molecule has 0 radical (unpaired) electrons. The molecular weight excluding hydrogens is 366 g/mol. The predicted molar refractivity (Wildman–Crippen MR) is 106 cm³/mol. The minimum Gasteiger partial charge on any atom is -0.368 e. The Morgan fingerprint density at radius 2 is 1.48 bits per heavy atom. The quantitative estimate of drug-likeness (QED) is 0.578. The Morgan fingerprint density at radius 3 is 1.96 bits per heavy atom. The van der Waals surface area contributed by atoms with Gasteiger partial charge in [-0.15, -0.1) is 0 Å². The second-order valence-electron chi connectivity index (χ2n) is 6.68. The molecule has 0 aromatic heterocycles. The summed E-state index contributed by atoms with van der Waals surface area (Å²) >= 11 is 0. The van der Waals surface area contributed by atoms with Crippen molar-refractivity contribution in [1.82, 2.24) is 0 Å². The summed E-state index contributed by atoms with van der Waals surface area (Å²) in [5.74, 6) is 0. The highest BCUT2D eigenvalue weighted by Crippen LogP contribution is 2.30. The van der Waals surface area contributed by atoms with Crippen molar-refractivity contribution < 1.29 is 13.3 Å². The molecule has 0 aliphatic carbocycles. The molecule has 1 aliphatic heterocycles. The van der Waals surface area contributed by atoms with Crippen LogP contribution in [0, 0.1) is 10.1 Å². The van der Waals surface area contributed by atoms with Crippen molar-refractivity contribution >= 4 is 26.9 Å². The van der Waals surface area contributed by atoms with Gasteiger partial charge in [-0.2, -0.15) is 0 Å². The van der Waals surface area contributed by atoms with Crippen LogP contribution in [0.2, 0.25) is 0 Å². The highest BCUT2D eigenvalue weighted by atomic mass is 32.2. The maximum Gasteiger partial charge on any atom is 0.288 e. The van der Waals surface area contributed by atoms with E-state index in [0.717, 1.165) is 38.9 Å². The van der Waals surface area contributed by atoms with Gasteiger partial charge in [0.05, 0.1) is 4.92 Å². The number of sulfone groups is 1. The van der Waals surface area contributed by atoms with Crippen LogP contribution in [0.3, 0.4) is 0 Å². The first-order valence-corrected chi connectivity index (χ1v) is 10.8. The lowest BCUT2D eigenvalue weighted by Crippen LogP contribution is -2.46. The molecule has 0 bridgehead atoms. The van der Waals surface area contributed by atoms with Gasteiger partial charge >= 0.3 is 0 Å². The molecule has 0 saturated carbocycles. The number of nitro benzene ring substituents is 1. The Bertz CT molecular complexity index is 934. The van der Waals surface area contributed by atoms with Crippen LogP contribution >= 0.6 is 0 Å². The monoisotopic (exact) mass is 389 g/mol. The maximum absolute atomic E-state index is 12.0. The highest BCUT2D eigenvalue weighted by molar-refractivity contribution is 7.90. The van der Waals surface area contributed by atoms with E-state index in [4.69, 9.17) is 0 Å². The highest BCUT2D eigenvalue weighted by Gasteiger charge is 2.25. The number of piperazine rings is 1. The SMILES string of the molecule is CCc1ccc(N2CCN(c3ccc([N+](=O)[O-])c(S(C)(=O)=O)c3)CC2)cc1. The summed E-state index contributed by atoms with van der Waals surface area (Å²) in [5, 5.41) is 11.1. The second kappa shape index (κ2) is 7.56. The molecule has 7 nitrogen and oxygen atoms in total. The van der Waals surface area contributed by atoms with Crippen LogP contribution in [-0.2, 0) is 16.3 Å². The summed E-state index contributed by atoms with van der Waals surface area (Å²) in [6.07, 6.45) is 2.01. The van der Waals surface area contributed by atoms with Gasteiger partial charge in [0.15, 0.2) is 9.84 Å². The topological polar surface area (TPSA) is 83.8 Å². The average molecular weight is 389 g/mol. The molecule has 3 rings (SSSR count). The van der Waals surface area contributed by atoms with Gasteiger partial charge in [-0.05, 0) is 36.2 Å². The van der Waals surface area contributed by atoms with Crippen LogP contribution in [0.4, 0.5) is 17.1 Å². The van der Waals surface area contributed by atoms with Crippen LogP contribution in [0.15, 0.2) is 47.4 Å². The van der Waals surface area contributed by atoms with Crippen molar-refractivity contribution in [2.75, 3.05) is 42.2 Å². The van der Waals surface area contributed by atoms with E-state index in [1.165, 1.54) is 23.4 Å². The van der Waals surface area contributed by atoms with Gasteiger partial charge in [0, 0.05) is 49.9 Å². The number of nitro groups is 1. The van der Waals surface area contributed by atoms with E-state index in [1.807, 2.05) is 0 Å². The predicted octanol–water partition coefficient (Wildman–Crippen LogP) is 2.89. The standard InChI is InChI=1S/C19H23N3O4S/c1-3-15-4-6-16(7-5-15)20-10-12-21(13-11-20)17-8-9-18(22(23)24)19(14-17)27(2,25)26/h4-9,14H,3,10-13H2,1-2H3. The maximum atomic E-state index is 12.0. The van der Waals surface area contributed by atoms with E-state index >= 15 is 0 Å². The van der Waals surface area contributed by atoms with Crippen LogP contribution < -0.4 is 9.80 Å². The molecule has 0 N–H and O–H groups in total. The van der Waals surface area contributed by atoms with Crippen molar-refractivity contribution in [1.29, 1.82) is 0 Å². The molecule has 1 heterocycles. The van der Waals surface area contributed by atoms with Crippen molar-refractivity contribution in [3.8, 4) is 0 Å². The van der Waals surface area contributed by atoms with Crippen molar-refractivity contribution in [3.63, 3.8) is 0 Å². The molecule has 27 heavy (non-hydrogen) atoms. The lowest BCUT2D eigenvalue weighted by molar-refractivity contribution is -0.387. The first kappa shape index (κ1) is 19.2. The zero-order valence-electron chi connectivity index (χ0n) is 15.5. The van der Waals surface area contributed by atoms with Crippen LogP contribution in [0.1, 0.15) is 12.5 Å². The van der Waals surface area contributed by atoms with Gasteiger partial charge in [0.1, 0.15) is 4.90 Å². The molecular formula is C19H23N3O4S. The van der Waals surface area contributed by atoms with Gasteiger partial charge in [-0.25, -0.2) is 8.42 Å². The van der Waals surface area contributed by atoms with E-state index in [9.17, 15) is 18.5 Å². The number of benzene rings is 2. The van der Waals surface area contributed by atoms with E-state index in [2.05, 4.69) is 41.0 Å². The molecule has 2 aromatic rings. The first-order valence-electron chi connectivity index (χ1n) is 8.87. The number of hydrogen-bond donors (Lipinski definition) is 0. The minimum absolute atomic E-state index is 0.234. The van der Waals surface area contributed by atoms with Crippen LogP contribution in [0.25, 0.3) is 0 Å². The van der Waals surface area contributed by atoms with Crippen molar-refractivity contribution in [3.05, 3.63) is 58.1 Å². The fraction of sp³-hybridized carbons (Fsp3) is 0.368. The number of aryl methyl sites for hydroxylation is 1. The Balaban J connectivity index is 1.76. The third-order valence-electron chi connectivity index (χ3n) is 4.89. The molecule has 8 heteroatoms. The summed E-state index contributed by atoms with van der Waals surface area (Å²) in [7, 11) is -3.68. The molecule has 0 spiro atoms. The molecule has 1 saturated heterocycles. The normalized spacial score (nSPS) is 15.0. The van der Waals surface area contributed by atoms with Gasteiger partial charge in [0.2, 0.25) is 0 Å². The lowest BCUT2D eigenvalue weighted by Gasteiger charge is -2.37. The van der Waals surface area contributed by atoms with Crippen molar-refractivity contribution in [2.24, 2.45) is 0 Å². The summed E-state index contributed by atoms with van der Waals surface area (Å²) in [5.41, 5.74) is 2.79. The van der Waals surface area contributed by atoms with Crippen LogP contribution in [-0.4, -0.2) is 45.8 Å². The van der Waals surface area contributed by atoms with E-state index in [1.54, 1.807) is 6.07 Å². The van der Waals surface area contributed by atoms with E-state index < -0.39 is 14.8 Å². The number of hydrogen-bond acceptors (Lipinski definition) is 6. The van der Waals surface area contributed by atoms with Crippen molar-refractivity contribution in [2.45, 2.75) is 18.2 Å². The molecule has 1 aliphatic rings. The smallest absolute Gasteiger partial charge is 0.288 e. The fourth-order valence-corrected chi connectivity index (χ4v) is 4.17. The van der Waals surface area contributed by atoms with E-state index in [-0.39, 0.29) is 10.6 Å². The largest absolute Gasteiger partial charge is 0.368 e. The number of nitrogens with zero attached hydrogens (tertiary/aromatic N) is 3. The minimum atomic E-state index is -3.68. The molecule has 0 unspecified atom stereocenters. The average Bonchev–Trinajstić information content (AvgIpc) is 2.67. The Kier molecular flexibility index (Phi) is 5.36. The molecule has 0 atom stereocenters. The summed E-state index contributed by atoms with van der Waals surface area (Å²) in [4.78, 5) is 14.6. The van der Waals surface area contributed by atoms with Gasteiger partial charge in [-0.1, -0.05) is 19.1 Å². The molecule has 2 aromatic carbocycles. The summed E-state index contributed by atoms with van der Waals surface area (Å²) < 4.78 is 23.9. The zero-order valence-corrected chi connectivity index (χ0v) is 16.3. The fourth-order valence-electron chi connectivity index (χ4n) is 3.31. The van der Waals surface area contributed by atoms with E-state index in [0.29, 0.717) is 5.69 Å². The van der Waals surface area contributed by atoms with Gasteiger partial charge in [0.25, 0.3) is 5.69 Å².